The minimum atomic E-state index is -4.76. The summed E-state index contributed by atoms with van der Waals surface area (Å²) in [5.74, 6) is 0. The van der Waals surface area contributed by atoms with Gasteiger partial charge in [0.2, 0.25) is 0 Å². The van der Waals surface area contributed by atoms with Crippen molar-refractivity contribution in [2.24, 2.45) is 0 Å². The van der Waals surface area contributed by atoms with Crippen molar-refractivity contribution < 1.29 is 26.3 Å². The number of alkyl halides is 6. The zero-order valence-electron chi connectivity index (χ0n) is 11.7. The predicted molar refractivity (Wildman–Crippen MR) is 89.6 cm³/mol. The van der Waals surface area contributed by atoms with Crippen LogP contribution < -0.4 is 10.4 Å². The van der Waals surface area contributed by atoms with Gasteiger partial charge in [-0.3, -0.25) is 0 Å². The molecule has 0 N–H and O–H groups in total. The Morgan fingerprint density at radius 1 is 0.640 bits per heavy atom. The fourth-order valence-electron chi connectivity index (χ4n) is 2.04. The molecule has 0 saturated carbocycles. The topological polar surface area (TPSA) is 0 Å². The second-order valence-corrected chi connectivity index (χ2v) is 12.1. The van der Waals surface area contributed by atoms with E-state index in [4.69, 9.17) is 45.4 Å². The van der Waals surface area contributed by atoms with Gasteiger partial charge in [0.25, 0.3) is 0 Å². The average molecular weight is 458 g/mol. The van der Waals surface area contributed by atoms with E-state index in [9.17, 15) is 26.3 Å². The number of benzene rings is 2. The molecule has 136 valence electrons. The number of rotatable bonds is 2. The van der Waals surface area contributed by atoms with E-state index in [0.717, 1.165) is 24.3 Å². The Morgan fingerprint density at radius 2 is 0.960 bits per heavy atom. The second-order valence-electron chi connectivity index (χ2n) is 4.96. The van der Waals surface area contributed by atoms with Crippen LogP contribution in [0.4, 0.5) is 26.3 Å². The van der Waals surface area contributed by atoms with Crippen molar-refractivity contribution in [3.05, 3.63) is 57.6 Å². The highest BCUT2D eigenvalue weighted by atomic mass is 35.7. The summed E-state index contributed by atoms with van der Waals surface area (Å²) in [7, 11) is 0. The van der Waals surface area contributed by atoms with Crippen molar-refractivity contribution in [1.82, 2.24) is 0 Å². The molecule has 0 aliphatic carbocycles. The Labute approximate surface area is 158 Å². The monoisotopic (exact) mass is 456 g/mol. The molecule has 0 aromatic heterocycles. The van der Waals surface area contributed by atoms with E-state index in [2.05, 4.69) is 0 Å². The van der Waals surface area contributed by atoms with Gasteiger partial charge in [-0.1, -0.05) is 35.3 Å². The van der Waals surface area contributed by atoms with Crippen LogP contribution in [-0.4, -0.2) is 6.69 Å². The van der Waals surface area contributed by atoms with Crippen LogP contribution in [-0.2, 0) is 12.4 Å². The van der Waals surface area contributed by atoms with Crippen LogP contribution in [0.1, 0.15) is 11.1 Å². The Kier molecular flexibility index (Phi) is 5.67. The second kappa shape index (κ2) is 6.85. The summed E-state index contributed by atoms with van der Waals surface area (Å²) < 4.78 is 77.8. The van der Waals surface area contributed by atoms with E-state index < -0.39 is 40.2 Å². The SMILES string of the molecule is FC(F)(F)c1cc([Si](Cl)(Cl)c2ccc(Cl)c(C(F)(F)F)c2)ccc1Cl. The highest BCUT2D eigenvalue weighted by molar-refractivity contribution is 7.56. The molecule has 2 aromatic rings. The van der Waals surface area contributed by atoms with E-state index in [-0.39, 0.29) is 10.4 Å². The first-order chi connectivity index (χ1) is 11.2. The van der Waals surface area contributed by atoms with Gasteiger partial charge in [-0.25, -0.2) is 0 Å². The van der Waals surface area contributed by atoms with Crippen LogP contribution in [0.25, 0.3) is 0 Å². The lowest BCUT2D eigenvalue weighted by Crippen LogP contribution is -2.49. The Hall–Kier alpha value is -0.603. The molecule has 0 aliphatic heterocycles. The third-order valence-electron chi connectivity index (χ3n) is 3.27. The summed E-state index contributed by atoms with van der Waals surface area (Å²) >= 11 is 23.5. The van der Waals surface area contributed by atoms with Gasteiger partial charge in [0.05, 0.1) is 21.2 Å². The first kappa shape index (κ1) is 20.7. The van der Waals surface area contributed by atoms with Crippen LogP contribution >= 0.6 is 45.4 Å². The number of hydrogen-bond acceptors (Lipinski definition) is 0. The van der Waals surface area contributed by atoms with Crippen molar-refractivity contribution >= 4 is 62.4 Å². The fourth-order valence-corrected chi connectivity index (χ4v) is 5.47. The van der Waals surface area contributed by atoms with Gasteiger partial charge < -0.3 is 0 Å². The first-order valence-corrected chi connectivity index (χ1v) is 11.1. The standard InChI is InChI=1S/C14H6Cl4F6Si/c15-11-3-1-7(5-9(11)13(19,20)21)25(17,18)8-2-4-12(16)10(6-8)14(22,23)24/h1-6H. The molecule has 2 rings (SSSR count). The predicted octanol–water partition coefficient (Wildman–Crippen LogP) is 6.07. The Balaban J connectivity index is 2.60. The molecular formula is C14H6Cl4F6Si. The van der Waals surface area contributed by atoms with Crippen molar-refractivity contribution in [2.75, 3.05) is 0 Å². The minimum Gasteiger partial charge on any atom is -0.166 e. The van der Waals surface area contributed by atoms with Crippen molar-refractivity contribution in [2.45, 2.75) is 12.4 Å². The molecule has 2 aromatic carbocycles. The van der Waals surface area contributed by atoms with Crippen LogP contribution in [0.2, 0.25) is 10.0 Å². The maximum absolute atomic E-state index is 13.0. The summed E-state index contributed by atoms with van der Waals surface area (Å²) in [4.78, 5) is 0. The Bertz CT molecular complexity index is 735. The third-order valence-corrected chi connectivity index (χ3v) is 8.62. The quantitative estimate of drug-likeness (QED) is 0.292. The molecular weight excluding hydrogens is 452 g/mol. The first-order valence-electron chi connectivity index (χ1n) is 6.37. The van der Waals surface area contributed by atoms with E-state index in [1.54, 1.807) is 0 Å². The lowest BCUT2D eigenvalue weighted by Gasteiger charge is -2.21. The van der Waals surface area contributed by atoms with Crippen LogP contribution in [0, 0.1) is 0 Å². The van der Waals surface area contributed by atoms with Crippen LogP contribution in [0.15, 0.2) is 36.4 Å². The number of hydrogen-bond donors (Lipinski definition) is 0. The third kappa shape index (κ3) is 4.39. The molecule has 0 bridgehead atoms. The smallest absolute Gasteiger partial charge is 0.166 e. The molecule has 11 heteroatoms. The minimum absolute atomic E-state index is 0.150. The van der Waals surface area contributed by atoms with Gasteiger partial charge >= 0.3 is 19.0 Å². The van der Waals surface area contributed by atoms with E-state index in [1.807, 2.05) is 0 Å². The average Bonchev–Trinajstić information content (AvgIpc) is 2.45. The van der Waals surface area contributed by atoms with E-state index in [1.165, 1.54) is 0 Å². The molecule has 0 atom stereocenters. The van der Waals surface area contributed by atoms with Gasteiger partial charge in [0, 0.05) is 0 Å². The molecule has 0 spiro atoms. The molecule has 0 aliphatic rings. The van der Waals surface area contributed by atoms with E-state index >= 15 is 0 Å². The normalized spacial score (nSPS) is 13.2. The molecule has 0 unspecified atom stereocenters. The molecule has 0 heterocycles. The van der Waals surface area contributed by atoms with Gasteiger partial charge in [-0.15, -0.1) is 22.2 Å². The summed E-state index contributed by atoms with van der Waals surface area (Å²) in [6.07, 6.45) is -9.52. The van der Waals surface area contributed by atoms with Crippen molar-refractivity contribution in [3.63, 3.8) is 0 Å². The lowest BCUT2D eigenvalue weighted by molar-refractivity contribution is -0.138. The highest BCUT2D eigenvalue weighted by Gasteiger charge is 2.41. The zero-order chi connectivity index (χ0) is 19.2. The van der Waals surface area contributed by atoms with Crippen molar-refractivity contribution in [1.29, 1.82) is 0 Å². The van der Waals surface area contributed by atoms with Crippen molar-refractivity contribution in [3.8, 4) is 0 Å². The largest absolute Gasteiger partial charge is 0.417 e. The number of halogens is 10. The van der Waals surface area contributed by atoms with Crippen LogP contribution in [0.3, 0.4) is 0 Å². The van der Waals surface area contributed by atoms with Crippen LogP contribution in [0.5, 0.6) is 0 Å². The van der Waals surface area contributed by atoms with Gasteiger partial charge in [-0.2, -0.15) is 26.3 Å². The molecule has 0 nitrogen and oxygen atoms in total. The maximum Gasteiger partial charge on any atom is 0.417 e. The Morgan fingerprint density at radius 3 is 1.24 bits per heavy atom. The highest BCUT2D eigenvalue weighted by Crippen LogP contribution is 2.36. The fraction of sp³-hybridized carbons (Fsp3) is 0.143. The molecule has 0 fully saturated rings. The summed E-state index contributed by atoms with van der Waals surface area (Å²) in [6, 6.07) is 5.52. The molecule has 0 saturated heterocycles. The molecule has 0 amide bonds. The van der Waals surface area contributed by atoms with Gasteiger partial charge in [0.15, 0.2) is 0 Å². The van der Waals surface area contributed by atoms with Gasteiger partial charge in [-0.05, 0) is 34.6 Å². The zero-order valence-corrected chi connectivity index (χ0v) is 15.8. The van der Waals surface area contributed by atoms with E-state index in [0.29, 0.717) is 12.1 Å². The summed E-state index contributed by atoms with van der Waals surface area (Å²) in [5.41, 5.74) is -2.34. The molecule has 0 radical (unpaired) electrons. The summed E-state index contributed by atoms with van der Waals surface area (Å²) in [5, 5.41) is -1.44. The van der Waals surface area contributed by atoms with Gasteiger partial charge in [0.1, 0.15) is 0 Å². The maximum atomic E-state index is 13.0. The lowest BCUT2D eigenvalue weighted by atomic mass is 10.2. The molecule has 25 heavy (non-hydrogen) atoms. The summed E-state index contributed by atoms with van der Waals surface area (Å²) in [6.45, 7) is -3.89.